The third-order valence-electron chi connectivity index (χ3n) is 3.47. The van der Waals surface area contributed by atoms with Gasteiger partial charge in [-0.05, 0) is 49.6 Å². The summed E-state index contributed by atoms with van der Waals surface area (Å²) in [5.41, 5.74) is 2.49. The number of aryl methyl sites for hydroxylation is 2. The number of sulfonamides is 1. The van der Waals surface area contributed by atoms with Gasteiger partial charge in [0, 0.05) is 4.47 Å². The first-order valence-corrected chi connectivity index (χ1v) is 9.70. The smallest absolute Gasteiger partial charge is 0.265 e. The minimum absolute atomic E-state index is 0.124. The Morgan fingerprint density at radius 3 is 2.57 bits per heavy atom. The van der Waals surface area contributed by atoms with Crippen LogP contribution in [0.1, 0.15) is 25.0 Å². The summed E-state index contributed by atoms with van der Waals surface area (Å²) in [6.07, 6.45) is 0.746. The van der Waals surface area contributed by atoms with E-state index < -0.39 is 10.0 Å². The van der Waals surface area contributed by atoms with Crippen LogP contribution in [0.25, 0.3) is 0 Å². The normalized spacial score (nSPS) is 11.3. The van der Waals surface area contributed by atoms with Crippen LogP contribution >= 0.6 is 15.9 Å². The molecule has 0 heterocycles. The molecule has 0 spiro atoms. The summed E-state index contributed by atoms with van der Waals surface area (Å²) in [6.45, 7) is 6.11. The molecule has 2 aromatic rings. The fourth-order valence-electron chi connectivity index (χ4n) is 2.33. The average Bonchev–Trinajstić information content (AvgIpc) is 2.51. The second-order valence-electron chi connectivity index (χ2n) is 5.09. The number of halogens is 1. The van der Waals surface area contributed by atoms with Gasteiger partial charge < -0.3 is 4.74 Å². The number of benzene rings is 2. The summed E-state index contributed by atoms with van der Waals surface area (Å²) in [6, 6.07) is 10.7. The van der Waals surface area contributed by atoms with Crippen molar-refractivity contribution in [2.45, 2.75) is 32.1 Å². The Morgan fingerprint density at radius 1 is 1.17 bits per heavy atom. The van der Waals surface area contributed by atoms with Crippen LogP contribution < -0.4 is 9.46 Å². The number of para-hydroxylation sites is 1. The molecule has 0 bridgehead atoms. The largest absolute Gasteiger partial charge is 0.492 e. The van der Waals surface area contributed by atoms with Crippen LogP contribution in [0.5, 0.6) is 5.75 Å². The molecule has 0 unspecified atom stereocenters. The molecule has 0 atom stereocenters. The van der Waals surface area contributed by atoms with Crippen molar-refractivity contribution in [3.8, 4) is 5.75 Å². The quantitative estimate of drug-likeness (QED) is 0.779. The molecule has 0 aromatic heterocycles. The number of ether oxygens (including phenoxy) is 1. The molecule has 0 radical (unpaired) electrons. The Labute approximate surface area is 146 Å². The molecule has 0 fully saturated rings. The van der Waals surface area contributed by atoms with E-state index in [4.69, 9.17) is 4.74 Å². The highest BCUT2D eigenvalue weighted by molar-refractivity contribution is 9.10. The Bertz CT molecular complexity index is 803. The molecular formula is C17H20BrNO3S. The lowest BCUT2D eigenvalue weighted by molar-refractivity contribution is 0.331. The summed E-state index contributed by atoms with van der Waals surface area (Å²) in [5, 5.41) is 0. The number of hydrogen-bond donors (Lipinski definition) is 1. The maximum atomic E-state index is 12.9. The average molecular weight is 398 g/mol. The number of nitrogens with one attached hydrogen (secondary N) is 1. The summed E-state index contributed by atoms with van der Waals surface area (Å²) in [4.78, 5) is 0.124. The van der Waals surface area contributed by atoms with Crippen molar-refractivity contribution in [1.29, 1.82) is 0 Å². The van der Waals surface area contributed by atoms with E-state index in [1.807, 2.05) is 39.0 Å². The van der Waals surface area contributed by atoms with Gasteiger partial charge in [0.1, 0.15) is 10.6 Å². The van der Waals surface area contributed by atoms with Crippen molar-refractivity contribution in [2.24, 2.45) is 0 Å². The topological polar surface area (TPSA) is 55.4 Å². The Morgan fingerprint density at radius 2 is 1.91 bits per heavy atom. The zero-order valence-corrected chi connectivity index (χ0v) is 15.8. The van der Waals surface area contributed by atoms with E-state index in [-0.39, 0.29) is 4.90 Å². The summed E-state index contributed by atoms with van der Waals surface area (Å²) < 4.78 is 34.6. The molecule has 0 saturated heterocycles. The molecular weight excluding hydrogens is 378 g/mol. The van der Waals surface area contributed by atoms with Crippen molar-refractivity contribution < 1.29 is 13.2 Å². The van der Waals surface area contributed by atoms with E-state index in [2.05, 4.69) is 20.7 Å². The summed E-state index contributed by atoms with van der Waals surface area (Å²) >= 11 is 3.32. The van der Waals surface area contributed by atoms with Gasteiger partial charge in [-0.15, -0.1) is 0 Å². The van der Waals surface area contributed by atoms with Crippen LogP contribution in [0.4, 0.5) is 5.69 Å². The first kappa shape index (κ1) is 17.8. The van der Waals surface area contributed by atoms with Gasteiger partial charge in [0.2, 0.25) is 0 Å². The van der Waals surface area contributed by atoms with Gasteiger partial charge in [0.15, 0.2) is 0 Å². The summed E-state index contributed by atoms with van der Waals surface area (Å²) in [7, 11) is -3.75. The fraction of sp³-hybridized carbons (Fsp3) is 0.294. The molecule has 124 valence electrons. The third-order valence-corrected chi connectivity index (χ3v) is 5.34. The standard InChI is InChI=1S/C17H20BrNO3S/c1-4-13-8-6-7-12(3)17(13)19-23(20,21)16-11-14(18)9-10-15(16)22-5-2/h6-11,19H,4-5H2,1-3H3. The van der Waals surface area contributed by atoms with Crippen molar-refractivity contribution in [3.63, 3.8) is 0 Å². The van der Waals surface area contributed by atoms with Gasteiger partial charge in [-0.1, -0.05) is 41.1 Å². The van der Waals surface area contributed by atoms with Gasteiger partial charge >= 0.3 is 0 Å². The van der Waals surface area contributed by atoms with Crippen LogP contribution in [0.3, 0.4) is 0 Å². The molecule has 6 heteroatoms. The first-order valence-electron chi connectivity index (χ1n) is 7.42. The van der Waals surface area contributed by atoms with Crippen molar-refractivity contribution in [1.82, 2.24) is 0 Å². The summed E-state index contributed by atoms with van der Waals surface area (Å²) in [5.74, 6) is 0.342. The van der Waals surface area contributed by atoms with Crippen molar-refractivity contribution >= 4 is 31.6 Å². The number of rotatable bonds is 6. The second kappa shape index (κ2) is 7.36. The third kappa shape index (κ3) is 4.06. The molecule has 4 nitrogen and oxygen atoms in total. The lowest BCUT2D eigenvalue weighted by atomic mass is 10.1. The molecule has 0 aliphatic carbocycles. The van der Waals surface area contributed by atoms with Crippen LogP contribution in [0.15, 0.2) is 45.8 Å². The number of hydrogen-bond acceptors (Lipinski definition) is 3. The van der Waals surface area contributed by atoms with E-state index in [1.54, 1.807) is 18.2 Å². The van der Waals surface area contributed by atoms with Crippen LogP contribution in [-0.2, 0) is 16.4 Å². The molecule has 1 N–H and O–H groups in total. The van der Waals surface area contributed by atoms with E-state index in [9.17, 15) is 8.42 Å². The van der Waals surface area contributed by atoms with Gasteiger partial charge in [-0.3, -0.25) is 4.72 Å². The molecule has 2 rings (SSSR count). The van der Waals surface area contributed by atoms with Gasteiger partial charge in [0.05, 0.1) is 12.3 Å². The first-order chi connectivity index (χ1) is 10.9. The molecule has 0 saturated carbocycles. The van der Waals surface area contributed by atoms with Crippen LogP contribution in [-0.4, -0.2) is 15.0 Å². The van der Waals surface area contributed by atoms with Gasteiger partial charge in [-0.2, -0.15) is 0 Å². The van der Waals surface area contributed by atoms with E-state index in [1.165, 1.54) is 0 Å². The monoisotopic (exact) mass is 397 g/mol. The molecule has 0 aliphatic rings. The zero-order valence-electron chi connectivity index (χ0n) is 13.4. The molecule has 0 aliphatic heterocycles. The van der Waals surface area contributed by atoms with Gasteiger partial charge in [0.25, 0.3) is 10.0 Å². The Kier molecular flexibility index (Phi) is 5.70. The van der Waals surface area contributed by atoms with E-state index in [0.717, 1.165) is 17.5 Å². The SMILES string of the molecule is CCOc1ccc(Br)cc1S(=O)(=O)Nc1c(C)cccc1CC. The molecule has 2 aromatic carbocycles. The van der Waals surface area contributed by atoms with Crippen molar-refractivity contribution in [3.05, 3.63) is 52.0 Å². The molecule has 23 heavy (non-hydrogen) atoms. The predicted octanol–water partition coefficient (Wildman–Crippen LogP) is 4.52. The van der Waals surface area contributed by atoms with Gasteiger partial charge in [-0.25, -0.2) is 8.42 Å². The highest BCUT2D eigenvalue weighted by atomic mass is 79.9. The number of anilines is 1. The zero-order chi connectivity index (χ0) is 17.0. The second-order valence-corrected chi connectivity index (χ2v) is 7.66. The minimum atomic E-state index is -3.75. The Hall–Kier alpha value is -1.53. The lowest BCUT2D eigenvalue weighted by Crippen LogP contribution is -2.16. The van der Waals surface area contributed by atoms with E-state index >= 15 is 0 Å². The van der Waals surface area contributed by atoms with E-state index in [0.29, 0.717) is 22.5 Å². The predicted molar refractivity (Wildman–Crippen MR) is 96.7 cm³/mol. The molecule has 0 amide bonds. The lowest BCUT2D eigenvalue weighted by Gasteiger charge is -2.16. The maximum Gasteiger partial charge on any atom is 0.265 e. The Balaban J connectivity index is 2.50. The highest BCUT2D eigenvalue weighted by Crippen LogP contribution is 2.31. The minimum Gasteiger partial charge on any atom is -0.492 e. The van der Waals surface area contributed by atoms with Crippen LogP contribution in [0.2, 0.25) is 0 Å². The highest BCUT2D eigenvalue weighted by Gasteiger charge is 2.22. The van der Waals surface area contributed by atoms with Crippen molar-refractivity contribution in [2.75, 3.05) is 11.3 Å². The maximum absolute atomic E-state index is 12.9. The fourth-order valence-corrected chi connectivity index (χ4v) is 4.18. The van der Waals surface area contributed by atoms with Crippen LogP contribution in [0, 0.1) is 6.92 Å².